The SMILES string of the molecule is O=S(=O)(CC(Cl)=Cc1cccc(Cl)c1)c1cc[nH]n1. The lowest BCUT2D eigenvalue weighted by Crippen LogP contribution is -2.07. The average Bonchev–Trinajstić information content (AvgIpc) is 2.81. The minimum atomic E-state index is -3.52. The van der Waals surface area contributed by atoms with E-state index in [1.165, 1.54) is 12.3 Å². The molecule has 0 atom stereocenters. The first-order valence-corrected chi connectivity index (χ1v) is 7.72. The number of nitrogens with zero attached hydrogens (tertiary/aromatic N) is 1. The molecule has 0 aliphatic heterocycles. The standard InChI is InChI=1S/C12H10Cl2N2O2S/c13-10-3-1-2-9(6-10)7-11(14)8-19(17,18)12-4-5-15-16-12/h1-7H,8H2,(H,15,16). The van der Waals surface area contributed by atoms with Gasteiger partial charge >= 0.3 is 0 Å². The Morgan fingerprint density at radius 2 is 2.16 bits per heavy atom. The minimum Gasteiger partial charge on any atom is -0.284 e. The van der Waals surface area contributed by atoms with Crippen LogP contribution in [0.4, 0.5) is 0 Å². The van der Waals surface area contributed by atoms with Crippen molar-refractivity contribution in [2.75, 3.05) is 5.75 Å². The van der Waals surface area contributed by atoms with Crippen LogP contribution in [0.2, 0.25) is 5.02 Å². The highest BCUT2D eigenvalue weighted by atomic mass is 35.5. The number of benzene rings is 1. The number of nitrogens with one attached hydrogen (secondary N) is 1. The van der Waals surface area contributed by atoms with Gasteiger partial charge in [-0.15, -0.1) is 0 Å². The molecular weight excluding hydrogens is 307 g/mol. The molecule has 0 aliphatic carbocycles. The first-order chi connectivity index (χ1) is 8.97. The number of aromatic nitrogens is 2. The fraction of sp³-hybridized carbons (Fsp3) is 0.0833. The van der Waals surface area contributed by atoms with Gasteiger partial charge < -0.3 is 0 Å². The van der Waals surface area contributed by atoms with Crippen molar-refractivity contribution in [2.24, 2.45) is 0 Å². The smallest absolute Gasteiger partial charge is 0.202 e. The highest BCUT2D eigenvalue weighted by Gasteiger charge is 2.18. The van der Waals surface area contributed by atoms with Gasteiger partial charge in [-0.25, -0.2) is 8.42 Å². The molecule has 0 spiro atoms. The highest BCUT2D eigenvalue weighted by molar-refractivity contribution is 7.91. The van der Waals surface area contributed by atoms with E-state index in [2.05, 4.69) is 10.2 Å². The largest absolute Gasteiger partial charge is 0.284 e. The summed E-state index contributed by atoms with van der Waals surface area (Å²) in [5, 5.41) is 6.84. The lowest BCUT2D eigenvalue weighted by molar-refractivity contribution is 0.594. The second-order valence-corrected chi connectivity index (χ2v) is 6.68. The number of hydrogen-bond donors (Lipinski definition) is 1. The van der Waals surface area contributed by atoms with Crippen molar-refractivity contribution in [3.63, 3.8) is 0 Å². The summed E-state index contributed by atoms with van der Waals surface area (Å²) in [4.78, 5) is 0. The summed E-state index contributed by atoms with van der Waals surface area (Å²) >= 11 is 11.8. The van der Waals surface area contributed by atoms with Crippen LogP contribution in [-0.2, 0) is 9.84 Å². The van der Waals surface area contributed by atoms with E-state index in [1.807, 2.05) is 0 Å². The van der Waals surface area contributed by atoms with E-state index in [4.69, 9.17) is 23.2 Å². The third-order valence-corrected chi connectivity index (χ3v) is 4.49. The average molecular weight is 317 g/mol. The van der Waals surface area contributed by atoms with Gasteiger partial charge in [-0.3, -0.25) is 5.10 Å². The van der Waals surface area contributed by atoms with Crippen LogP contribution in [0.25, 0.3) is 6.08 Å². The lowest BCUT2D eigenvalue weighted by Gasteiger charge is -2.00. The molecule has 1 N–H and O–H groups in total. The Kier molecular flexibility index (Phi) is 4.29. The normalized spacial score (nSPS) is 12.6. The van der Waals surface area contributed by atoms with Crippen molar-refractivity contribution < 1.29 is 8.42 Å². The van der Waals surface area contributed by atoms with Gasteiger partial charge in [-0.05, 0) is 29.8 Å². The fourth-order valence-corrected chi connectivity index (χ4v) is 3.31. The summed E-state index contributed by atoms with van der Waals surface area (Å²) in [5.74, 6) is -0.300. The van der Waals surface area contributed by atoms with E-state index in [-0.39, 0.29) is 15.8 Å². The zero-order valence-electron chi connectivity index (χ0n) is 9.68. The topological polar surface area (TPSA) is 62.8 Å². The third kappa shape index (κ3) is 3.83. The van der Waals surface area contributed by atoms with Crippen LogP contribution in [-0.4, -0.2) is 24.4 Å². The van der Waals surface area contributed by atoms with Gasteiger partial charge in [-0.1, -0.05) is 35.3 Å². The maximum atomic E-state index is 11.9. The summed E-state index contributed by atoms with van der Waals surface area (Å²) in [6, 6.07) is 8.37. The Morgan fingerprint density at radius 1 is 1.37 bits per heavy atom. The summed E-state index contributed by atoms with van der Waals surface area (Å²) in [7, 11) is -3.52. The van der Waals surface area contributed by atoms with Gasteiger partial charge in [0.2, 0.25) is 9.84 Å². The quantitative estimate of drug-likeness (QED) is 0.942. The molecule has 0 saturated heterocycles. The van der Waals surface area contributed by atoms with Gasteiger partial charge in [0.1, 0.15) is 0 Å². The molecule has 2 aromatic rings. The lowest BCUT2D eigenvalue weighted by atomic mass is 10.2. The maximum Gasteiger partial charge on any atom is 0.202 e. The molecule has 2 rings (SSSR count). The molecule has 7 heteroatoms. The molecule has 0 aliphatic rings. The van der Waals surface area contributed by atoms with Crippen LogP contribution < -0.4 is 0 Å². The van der Waals surface area contributed by atoms with E-state index in [9.17, 15) is 8.42 Å². The molecule has 0 radical (unpaired) electrons. The molecule has 0 saturated carbocycles. The van der Waals surface area contributed by atoms with Crippen molar-refractivity contribution >= 4 is 39.1 Å². The predicted molar refractivity (Wildman–Crippen MR) is 75.9 cm³/mol. The Labute approximate surface area is 121 Å². The number of rotatable bonds is 4. The predicted octanol–water partition coefficient (Wildman–Crippen LogP) is 3.12. The third-order valence-electron chi connectivity index (χ3n) is 2.29. The number of halogens is 2. The monoisotopic (exact) mass is 316 g/mol. The maximum absolute atomic E-state index is 11.9. The Balaban J connectivity index is 2.20. The van der Waals surface area contributed by atoms with Crippen molar-refractivity contribution in [1.82, 2.24) is 10.2 Å². The molecule has 4 nitrogen and oxygen atoms in total. The molecule has 1 aromatic heterocycles. The van der Waals surface area contributed by atoms with E-state index >= 15 is 0 Å². The number of aromatic amines is 1. The molecule has 1 heterocycles. The summed E-state index contributed by atoms with van der Waals surface area (Å²) < 4.78 is 23.9. The number of H-pyrrole nitrogens is 1. The zero-order chi connectivity index (χ0) is 13.9. The molecule has 0 amide bonds. The molecule has 100 valence electrons. The van der Waals surface area contributed by atoms with Gasteiger partial charge in [0.15, 0.2) is 5.03 Å². The van der Waals surface area contributed by atoms with Crippen LogP contribution in [0, 0.1) is 0 Å². The molecule has 0 fully saturated rings. The Bertz CT molecular complexity index is 694. The zero-order valence-corrected chi connectivity index (χ0v) is 12.0. The van der Waals surface area contributed by atoms with E-state index in [0.717, 1.165) is 5.56 Å². The second-order valence-electron chi connectivity index (χ2n) is 3.82. The summed E-state index contributed by atoms with van der Waals surface area (Å²) in [5.41, 5.74) is 0.745. The van der Waals surface area contributed by atoms with Gasteiger partial charge in [-0.2, -0.15) is 5.10 Å². The summed E-state index contributed by atoms with van der Waals surface area (Å²) in [6.07, 6.45) is 3.01. The van der Waals surface area contributed by atoms with Crippen molar-refractivity contribution in [3.8, 4) is 0 Å². The Hall–Kier alpha value is -1.30. The van der Waals surface area contributed by atoms with Gasteiger partial charge in [0.25, 0.3) is 0 Å². The minimum absolute atomic E-state index is 0.0230. The highest BCUT2D eigenvalue weighted by Crippen LogP contribution is 2.18. The summed E-state index contributed by atoms with van der Waals surface area (Å²) in [6.45, 7) is 0. The molecule has 0 unspecified atom stereocenters. The van der Waals surface area contributed by atoms with Crippen molar-refractivity contribution in [3.05, 3.63) is 52.1 Å². The molecule has 1 aromatic carbocycles. The first-order valence-electron chi connectivity index (χ1n) is 5.31. The van der Waals surface area contributed by atoms with Crippen LogP contribution in [0.15, 0.2) is 46.6 Å². The van der Waals surface area contributed by atoms with Gasteiger partial charge in [0, 0.05) is 16.3 Å². The van der Waals surface area contributed by atoms with E-state index in [0.29, 0.717) is 5.02 Å². The molecule has 0 bridgehead atoms. The van der Waals surface area contributed by atoms with Crippen LogP contribution in [0.3, 0.4) is 0 Å². The number of sulfone groups is 1. The first kappa shape index (κ1) is 14.1. The van der Waals surface area contributed by atoms with Crippen LogP contribution in [0.5, 0.6) is 0 Å². The van der Waals surface area contributed by atoms with Crippen LogP contribution >= 0.6 is 23.2 Å². The van der Waals surface area contributed by atoms with E-state index < -0.39 is 9.84 Å². The second kappa shape index (κ2) is 5.77. The van der Waals surface area contributed by atoms with E-state index in [1.54, 1.807) is 30.3 Å². The van der Waals surface area contributed by atoms with Crippen molar-refractivity contribution in [2.45, 2.75) is 5.03 Å². The molecule has 19 heavy (non-hydrogen) atoms. The van der Waals surface area contributed by atoms with Gasteiger partial charge in [0.05, 0.1) is 5.75 Å². The fourth-order valence-electron chi connectivity index (χ4n) is 1.49. The van der Waals surface area contributed by atoms with Crippen molar-refractivity contribution in [1.29, 1.82) is 0 Å². The Morgan fingerprint density at radius 3 is 2.79 bits per heavy atom. The molecular formula is C12H10Cl2N2O2S. The number of hydrogen-bond acceptors (Lipinski definition) is 3. The van der Waals surface area contributed by atoms with Crippen LogP contribution in [0.1, 0.15) is 5.56 Å².